The lowest BCUT2D eigenvalue weighted by molar-refractivity contribution is 0.0698. The first-order valence-electron chi connectivity index (χ1n) is 9.13. The molecular formula is C22H18N4O6. The summed E-state index contributed by atoms with van der Waals surface area (Å²) >= 11 is 0. The van der Waals surface area contributed by atoms with Crippen LogP contribution in [0.3, 0.4) is 0 Å². The zero-order valence-electron chi connectivity index (χ0n) is 17.4. The maximum Gasteiger partial charge on any atom is 0.337 e. The Morgan fingerprint density at radius 2 is 1.75 bits per heavy atom. The Morgan fingerprint density at radius 3 is 2.31 bits per heavy atom. The molecule has 10 heteroatoms. The maximum atomic E-state index is 12.6. The predicted octanol–water partition coefficient (Wildman–Crippen LogP) is 2.99. The largest absolute Gasteiger partial charge is 0.493 e. The molecule has 3 rings (SSSR count). The van der Waals surface area contributed by atoms with Gasteiger partial charge in [0.15, 0.2) is 11.5 Å². The van der Waals surface area contributed by atoms with Crippen LogP contribution in [0, 0.1) is 11.3 Å². The number of carboxylic acids is 1. The highest BCUT2D eigenvalue weighted by molar-refractivity contribution is 6.06. The molecule has 10 nitrogen and oxygen atoms in total. The molecule has 0 aliphatic heterocycles. The van der Waals surface area contributed by atoms with E-state index in [4.69, 9.17) is 19.5 Å². The van der Waals surface area contributed by atoms with Gasteiger partial charge in [0.2, 0.25) is 5.75 Å². The number of aromatic carboxylic acids is 1. The van der Waals surface area contributed by atoms with E-state index in [2.05, 4.69) is 15.3 Å². The van der Waals surface area contributed by atoms with E-state index in [0.29, 0.717) is 28.5 Å². The van der Waals surface area contributed by atoms with Crippen LogP contribution < -0.4 is 19.5 Å². The molecule has 0 aliphatic rings. The predicted molar refractivity (Wildman–Crippen MR) is 113 cm³/mol. The fourth-order valence-corrected chi connectivity index (χ4v) is 2.97. The van der Waals surface area contributed by atoms with Crippen LogP contribution in [0.1, 0.15) is 26.4 Å². The maximum absolute atomic E-state index is 12.6. The third kappa shape index (κ3) is 4.27. The second-order valence-corrected chi connectivity index (χ2v) is 6.30. The lowest BCUT2D eigenvalue weighted by Gasteiger charge is -2.15. The van der Waals surface area contributed by atoms with Crippen LogP contribution in [0.2, 0.25) is 0 Å². The van der Waals surface area contributed by atoms with Gasteiger partial charge >= 0.3 is 5.97 Å². The van der Waals surface area contributed by atoms with Crippen molar-refractivity contribution in [3.63, 3.8) is 0 Å². The number of anilines is 1. The van der Waals surface area contributed by atoms with Crippen LogP contribution >= 0.6 is 0 Å². The van der Waals surface area contributed by atoms with E-state index in [-0.39, 0.29) is 22.5 Å². The first-order chi connectivity index (χ1) is 15.4. The quantitative estimate of drug-likeness (QED) is 0.573. The summed E-state index contributed by atoms with van der Waals surface area (Å²) in [6, 6.07) is 9.19. The van der Waals surface area contributed by atoms with E-state index in [9.17, 15) is 14.7 Å². The molecule has 0 saturated carbocycles. The first kappa shape index (κ1) is 22.0. The standard InChI is InChI=1S/C22H18N4O6/c1-30-18-7-5-13(19(31-2)20(18)32-3)16-10-25-17(11-24-16)21(27)26-15-6-4-12(9-23)8-14(15)22(28)29/h4-8,10-11H,1-3H3,(H,26,27)(H,28,29). The van der Waals surface area contributed by atoms with Crippen LogP contribution in [0.5, 0.6) is 17.2 Å². The Bertz CT molecular complexity index is 1220. The highest BCUT2D eigenvalue weighted by atomic mass is 16.5. The van der Waals surface area contributed by atoms with Crippen molar-refractivity contribution in [3.8, 4) is 34.6 Å². The summed E-state index contributed by atoms with van der Waals surface area (Å²) in [6.45, 7) is 0. The third-order valence-corrected chi connectivity index (χ3v) is 4.49. The molecule has 2 N–H and O–H groups in total. The summed E-state index contributed by atoms with van der Waals surface area (Å²) < 4.78 is 16.1. The highest BCUT2D eigenvalue weighted by Crippen LogP contribution is 2.43. The first-order valence-corrected chi connectivity index (χ1v) is 9.13. The van der Waals surface area contributed by atoms with Crippen LogP contribution in [0.4, 0.5) is 5.69 Å². The van der Waals surface area contributed by atoms with E-state index >= 15 is 0 Å². The van der Waals surface area contributed by atoms with Gasteiger partial charge in [0.25, 0.3) is 5.91 Å². The molecule has 0 saturated heterocycles. The molecule has 32 heavy (non-hydrogen) atoms. The van der Waals surface area contributed by atoms with Gasteiger partial charge in [-0.2, -0.15) is 5.26 Å². The molecule has 1 heterocycles. The number of hydrogen-bond acceptors (Lipinski definition) is 8. The van der Waals surface area contributed by atoms with Crippen molar-refractivity contribution in [1.82, 2.24) is 9.97 Å². The Morgan fingerprint density at radius 1 is 1.00 bits per heavy atom. The highest BCUT2D eigenvalue weighted by Gasteiger charge is 2.19. The number of carboxylic acid groups (broad SMARTS) is 1. The Kier molecular flexibility index (Phi) is 6.50. The summed E-state index contributed by atoms with van der Waals surface area (Å²) in [6.07, 6.45) is 2.64. The van der Waals surface area contributed by atoms with Crippen LogP contribution in [0.25, 0.3) is 11.3 Å². The lowest BCUT2D eigenvalue weighted by atomic mass is 10.1. The van der Waals surface area contributed by atoms with Gasteiger partial charge in [0, 0.05) is 5.56 Å². The van der Waals surface area contributed by atoms with Gasteiger partial charge < -0.3 is 24.6 Å². The number of aromatic nitrogens is 2. The molecule has 0 bridgehead atoms. The molecule has 0 radical (unpaired) electrons. The molecule has 3 aromatic rings. The normalized spacial score (nSPS) is 10.1. The van der Waals surface area contributed by atoms with Crippen LogP contribution in [-0.4, -0.2) is 48.3 Å². The van der Waals surface area contributed by atoms with Gasteiger partial charge in [-0.1, -0.05) is 0 Å². The molecule has 2 aromatic carbocycles. The van der Waals surface area contributed by atoms with Crippen molar-refractivity contribution in [1.29, 1.82) is 5.26 Å². The Labute approximate surface area is 183 Å². The number of nitrogens with one attached hydrogen (secondary N) is 1. The molecular weight excluding hydrogens is 416 g/mol. The molecule has 0 spiro atoms. The fourth-order valence-electron chi connectivity index (χ4n) is 2.97. The number of methoxy groups -OCH3 is 3. The van der Waals surface area contributed by atoms with Gasteiger partial charge in [0.05, 0.1) is 62.3 Å². The summed E-state index contributed by atoms with van der Waals surface area (Å²) in [4.78, 5) is 32.4. The van der Waals surface area contributed by atoms with E-state index in [1.54, 1.807) is 12.1 Å². The van der Waals surface area contributed by atoms with Crippen molar-refractivity contribution < 1.29 is 28.9 Å². The minimum atomic E-state index is -1.28. The molecule has 0 atom stereocenters. The molecule has 0 aliphatic carbocycles. The van der Waals surface area contributed by atoms with Crippen LogP contribution in [0.15, 0.2) is 42.7 Å². The minimum Gasteiger partial charge on any atom is -0.493 e. The zero-order chi connectivity index (χ0) is 23.3. The number of hydrogen-bond donors (Lipinski definition) is 2. The number of carbonyl (C=O) groups is 2. The number of nitrogens with zero attached hydrogens (tertiary/aromatic N) is 3. The second-order valence-electron chi connectivity index (χ2n) is 6.30. The molecule has 1 aromatic heterocycles. The van der Waals surface area contributed by atoms with Crippen molar-refractivity contribution in [2.24, 2.45) is 0 Å². The number of rotatable bonds is 7. The van der Waals surface area contributed by atoms with E-state index < -0.39 is 11.9 Å². The number of ether oxygens (including phenoxy) is 3. The average Bonchev–Trinajstić information content (AvgIpc) is 2.83. The summed E-state index contributed by atoms with van der Waals surface area (Å²) in [5.41, 5.74) is 0.946. The third-order valence-electron chi connectivity index (χ3n) is 4.49. The monoisotopic (exact) mass is 434 g/mol. The number of amides is 1. The number of carbonyl (C=O) groups excluding carboxylic acids is 1. The summed E-state index contributed by atoms with van der Waals surface area (Å²) in [7, 11) is 4.47. The smallest absolute Gasteiger partial charge is 0.337 e. The van der Waals surface area contributed by atoms with E-state index in [0.717, 1.165) is 0 Å². The van der Waals surface area contributed by atoms with Gasteiger partial charge in [0.1, 0.15) is 5.69 Å². The van der Waals surface area contributed by atoms with Crippen molar-refractivity contribution in [2.45, 2.75) is 0 Å². The van der Waals surface area contributed by atoms with Gasteiger partial charge in [-0.05, 0) is 30.3 Å². The van der Waals surface area contributed by atoms with Crippen molar-refractivity contribution in [3.05, 3.63) is 59.5 Å². The van der Waals surface area contributed by atoms with Gasteiger partial charge in [-0.15, -0.1) is 0 Å². The Hall–Kier alpha value is -4.65. The number of benzene rings is 2. The SMILES string of the molecule is COc1ccc(-c2cnc(C(=O)Nc3ccc(C#N)cc3C(=O)O)cn2)c(OC)c1OC. The summed E-state index contributed by atoms with van der Waals surface area (Å²) in [5, 5.41) is 20.8. The topological polar surface area (TPSA) is 144 Å². The summed E-state index contributed by atoms with van der Waals surface area (Å²) in [5.74, 6) is -0.677. The molecule has 162 valence electrons. The molecule has 0 fully saturated rings. The lowest BCUT2D eigenvalue weighted by Crippen LogP contribution is -2.16. The molecule has 1 amide bonds. The Balaban J connectivity index is 1.90. The van der Waals surface area contributed by atoms with E-state index in [1.165, 1.54) is 51.9 Å². The fraction of sp³-hybridized carbons (Fsp3) is 0.136. The van der Waals surface area contributed by atoms with Crippen molar-refractivity contribution >= 4 is 17.6 Å². The van der Waals surface area contributed by atoms with E-state index in [1.807, 2.05) is 6.07 Å². The van der Waals surface area contributed by atoms with Crippen LogP contribution in [-0.2, 0) is 0 Å². The molecule has 0 unspecified atom stereocenters. The zero-order valence-corrected chi connectivity index (χ0v) is 17.4. The number of nitriles is 1. The minimum absolute atomic E-state index is 0.0334. The second kappa shape index (κ2) is 9.44. The van der Waals surface area contributed by atoms with Gasteiger partial charge in [-0.3, -0.25) is 9.78 Å². The van der Waals surface area contributed by atoms with Crippen molar-refractivity contribution in [2.75, 3.05) is 26.6 Å². The average molecular weight is 434 g/mol. The van der Waals surface area contributed by atoms with Gasteiger partial charge in [-0.25, -0.2) is 9.78 Å².